The number of alkyl halides is 1. The highest BCUT2D eigenvalue weighted by atomic mass is 35.5. The molecule has 3 aromatic carbocycles. The van der Waals surface area contributed by atoms with Gasteiger partial charge in [0.2, 0.25) is 5.95 Å². The van der Waals surface area contributed by atoms with E-state index in [4.69, 9.17) is 37.7 Å². The summed E-state index contributed by atoms with van der Waals surface area (Å²) in [6.45, 7) is 8.60. The van der Waals surface area contributed by atoms with Crippen molar-refractivity contribution < 1.29 is 13.9 Å². The van der Waals surface area contributed by atoms with Gasteiger partial charge in [0.15, 0.2) is 0 Å². The molecule has 0 unspecified atom stereocenters. The minimum absolute atomic E-state index is 0.111. The van der Waals surface area contributed by atoms with E-state index in [0.717, 1.165) is 93.9 Å². The fraction of sp³-hybridized carbons (Fsp3) is 0.468. The zero-order valence-electron chi connectivity index (χ0n) is 34.4. The Morgan fingerprint density at radius 3 is 2.42 bits per heavy atom. The fourth-order valence-electron chi connectivity index (χ4n) is 8.76. The van der Waals surface area contributed by atoms with Gasteiger partial charge in [0.05, 0.1) is 12.5 Å². The first-order chi connectivity index (χ1) is 28.9. The van der Waals surface area contributed by atoms with Gasteiger partial charge in [-0.25, -0.2) is 9.37 Å². The lowest BCUT2D eigenvalue weighted by atomic mass is 9.95. The summed E-state index contributed by atoms with van der Waals surface area (Å²) >= 11 is 10.9. The van der Waals surface area contributed by atoms with Gasteiger partial charge in [-0.1, -0.05) is 68.0 Å². The van der Waals surface area contributed by atoms with Gasteiger partial charge in [-0.3, -0.25) is 4.90 Å². The molecule has 0 atom stereocenters. The smallest absolute Gasteiger partial charge is 0.229 e. The van der Waals surface area contributed by atoms with Gasteiger partial charge in [0.25, 0.3) is 0 Å². The van der Waals surface area contributed by atoms with Crippen LogP contribution in [-0.4, -0.2) is 89.4 Å². The first-order valence-electron chi connectivity index (χ1n) is 21.5. The van der Waals surface area contributed by atoms with Gasteiger partial charge in [0.1, 0.15) is 23.5 Å². The molecule has 2 aliphatic heterocycles. The second-order valence-corrected chi connectivity index (χ2v) is 16.9. The average molecular weight is 843 g/mol. The fourth-order valence-corrected chi connectivity index (χ4v) is 8.99. The van der Waals surface area contributed by atoms with Crippen LogP contribution in [0.15, 0.2) is 73.1 Å². The normalized spacial score (nSPS) is 16.4. The van der Waals surface area contributed by atoms with Crippen molar-refractivity contribution in [2.45, 2.75) is 83.2 Å². The van der Waals surface area contributed by atoms with Crippen LogP contribution in [0, 0.1) is 5.82 Å². The lowest BCUT2D eigenvalue weighted by Crippen LogP contribution is -2.46. The number of nitrogens with zero attached hydrogens (tertiary/aromatic N) is 6. The number of ether oxygens (including phenoxy) is 1. The van der Waals surface area contributed by atoms with Gasteiger partial charge in [-0.15, -0.1) is 11.6 Å². The molecule has 3 aliphatic rings. The van der Waals surface area contributed by atoms with E-state index in [9.17, 15) is 4.39 Å². The minimum Gasteiger partial charge on any atom is -0.494 e. The molecule has 8 rings (SSSR count). The Balaban J connectivity index is 0.00000126. The third-order valence-corrected chi connectivity index (χ3v) is 12.2. The third kappa shape index (κ3) is 11.7. The van der Waals surface area contributed by atoms with Crippen molar-refractivity contribution in [3.63, 3.8) is 0 Å². The Morgan fingerprint density at radius 2 is 1.66 bits per heavy atom. The monoisotopic (exact) mass is 841 g/mol. The SMILES string of the molecule is CN1CCCc2cc(OCCCCCCN3CCN(Cc4ccc(-c5cn(C6CCCCC6)c6nc(Nc7cc(F)cc(Cl)c7)ncc56)cc4)CC3)ccc21.O=CCCl. The van der Waals surface area contributed by atoms with Crippen molar-refractivity contribution >= 4 is 57.8 Å². The van der Waals surface area contributed by atoms with Crippen LogP contribution < -0.4 is 15.0 Å². The lowest BCUT2D eigenvalue weighted by molar-refractivity contribution is -0.105. The van der Waals surface area contributed by atoms with E-state index in [0.29, 0.717) is 29.0 Å². The predicted octanol–water partition coefficient (Wildman–Crippen LogP) is 10.7. The summed E-state index contributed by atoms with van der Waals surface area (Å²) < 4.78 is 22.5. The van der Waals surface area contributed by atoms with E-state index in [-0.39, 0.29) is 5.88 Å². The summed E-state index contributed by atoms with van der Waals surface area (Å²) in [6.07, 6.45) is 18.1. The molecule has 9 nitrogen and oxygen atoms in total. The summed E-state index contributed by atoms with van der Waals surface area (Å²) in [5.74, 6) is 1.17. The summed E-state index contributed by atoms with van der Waals surface area (Å²) in [5.41, 5.74) is 7.88. The van der Waals surface area contributed by atoms with E-state index >= 15 is 0 Å². The highest BCUT2D eigenvalue weighted by molar-refractivity contribution is 6.30. The molecular weight excluding hydrogens is 784 g/mol. The first kappa shape index (κ1) is 42.9. The van der Waals surface area contributed by atoms with Crippen molar-refractivity contribution in [2.75, 3.05) is 69.0 Å². The number of aromatic nitrogens is 3. The largest absolute Gasteiger partial charge is 0.494 e. The van der Waals surface area contributed by atoms with E-state index in [1.54, 1.807) is 6.07 Å². The van der Waals surface area contributed by atoms with Crippen LogP contribution in [0.3, 0.4) is 0 Å². The molecule has 12 heteroatoms. The molecule has 0 amide bonds. The maximum Gasteiger partial charge on any atom is 0.229 e. The second-order valence-electron chi connectivity index (χ2n) is 16.2. The van der Waals surface area contributed by atoms with Crippen LogP contribution in [0.4, 0.5) is 21.7 Å². The number of hydrogen-bond acceptors (Lipinski definition) is 8. The molecule has 1 aliphatic carbocycles. The van der Waals surface area contributed by atoms with E-state index in [2.05, 4.69) is 85.3 Å². The second kappa shape index (κ2) is 21.3. The number of benzene rings is 3. The molecule has 59 heavy (non-hydrogen) atoms. The number of anilines is 3. The number of carbonyl (C=O) groups excluding carboxylic acids is 1. The number of halogens is 3. The van der Waals surface area contributed by atoms with Crippen LogP contribution in [0.25, 0.3) is 22.2 Å². The van der Waals surface area contributed by atoms with Crippen molar-refractivity contribution in [3.05, 3.63) is 95.0 Å². The molecule has 0 spiro atoms. The van der Waals surface area contributed by atoms with Gasteiger partial charge in [0, 0.05) is 92.1 Å². The van der Waals surface area contributed by atoms with E-state index < -0.39 is 5.82 Å². The molecule has 1 saturated heterocycles. The van der Waals surface area contributed by atoms with Crippen LogP contribution in [0.2, 0.25) is 5.02 Å². The maximum atomic E-state index is 14.0. The highest BCUT2D eigenvalue weighted by Gasteiger charge is 2.22. The Kier molecular flexibility index (Phi) is 15.5. The van der Waals surface area contributed by atoms with Gasteiger partial charge in [-0.05, 0) is 98.2 Å². The number of rotatable bonds is 15. The molecule has 2 aromatic heterocycles. The maximum absolute atomic E-state index is 14.0. The molecule has 4 heterocycles. The van der Waals surface area contributed by atoms with Crippen molar-refractivity contribution in [3.8, 4) is 16.9 Å². The van der Waals surface area contributed by atoms with Crippen LogP contribution in [0.5, 0.6) is 5.75 Å². The molecule has 314 valence electrons. The Labute approximate surface area is 358 Å². The van der Waals surface area contributed by atoms with Crippen LogP contribution >= 0.6 is 23.2 Å². The quantitative estimate of drug-likeness (QED) is 0.0634. The molecule has 0 radical (unpaired) electrons. The number of fused-ring (bicyclic) bond motifs is 2. The molecule has 1 N–H and O–H groups in total. The number of carbonyl (C=O) groups is 1. The number of hydrogen-bond donors (Lipinski definition) is 1. The van der Waals surface area contributed by atoms with Gasteiger partial charge >= 0.3 is 0 Å². The predicted molar refractivity (Wildman–Crippen MR) is 240 cm³/mol. The van der Waals surface area contributed by atoms with Crippen molar-refractivity contribution in [1.82, 2.24) is 24.3 Å². The van der Waals surface area contributed by atoms with E-state index in [1.165, 1.54) is 86.0 Å². The zero-order chi connectivity index (χ0) is 41.0. The number of piperazine rings is 1. The van der Waals surface area contributed by atoms with Crippen molar-refractivity contribution in [1.29, 1.82) is 0 Å². The zero-order valence-corrected chi connectivity index (χ0v) is 35.9. The Bertz CT molecular complexity index is 2100. The Hall–Kier alpha value is -4.22. The molecule has 1 saturated carbocycles. The van der Waals surface area contributed by atoms with E-state index in [1.807, 2.05) is 6.20 Å². The summed E-state index contributed by atoms with van der Waals surface area (Å²) in [7, 11) is 2.18. The summed E-state index contributed by atoms with van der Waals surface area (Å²) in [5, 5.41) is 4.53. The standard InChI is InChI=1S/C45H55ClFN7O.C2H3ClO/c1-51-19-9-10-35-26-40(17-18-43(35)51)55-25-8-3-2-7-20-52-21-23-53(24-22-52)31-33-13-15-34(16-14-33)42-32-54(39-11-5-4-6-12-39)44-41(42)30-48-45(50-44)49-38-28-36(46)27-37(47)29-38;3-1-2-4/h13-18,26-30,32,39H,2-12,19-25,31H2,1H3,(H,48,49,50);2H,1H2. The number of unbranched alkanes of at least 4 members (excludes halogenated alkanes) is 3. The van der Waals surface area contributed by atoms with Crippen molar-refractivity contribution in [2.24, 2.45) is 0 Å². The Morgan fingerprint density at radius 1 is 0.898 bits per heavy atom. The minimum atomic E-state index is -0.399. The van der Waals surface area contributed by atoms with Crippen LogP contribution in [0.1, 0.15) is 81.4 Å². The highest BCUT2D eigenvalue weighted by Crippen LogP contribution is 2.37. The van der Waals surface area contributed by atoms with Gasteiger partial charge < -0.3 is 29.2 Å². The third-order valence-electron chi connectivity index (χ3n) is 11.9. The summed E-state index contributed by atoms with van der Waals surface area (Å²) in [6, 6.07) is 20.5. The van der Waals surface area contributed by atoms with Crippen LogP contribution in [-0.2, 0) is 17.8 Å². The molecule has 5 aromatic rings. The summed E-state index contributed by atoms with van der Waals surface area (Å²) in [4.78, 5) is 26.2. The topological polar surface area (TPSA) is 78.8 Å². The van der Waals surface area contributed by atoms with Gasteiger partial charge in [-0.2, -0.15) is 4.98 Å². The number of nitrogens with one attached hydrogen (secondary N) is 1. The average Bonchev–Trinajstić information content (AvgIpc) is 3.63. The lowest BCUT2D eigenvalue weighted by Gasteiger charge is -2.34. The first-order valence-corrected chi connectivity index (χ1v) is 22.4. The molecular formula is C47H58Cl2FN7O2. The number of aldehydes is 1. The molecule has 2 fully saturated rings. The number of aryl methyl sites for hydroxylation is 1. The molecule has 0 bridgehead atoms.